The summed E-state index contributed by atoms with van der Waals surface area (Å²) in [6.45, 7) is 4.38. The van der Waals surface area contributed by atoms with Gasteiger partial charge in [-0.25, -0.2) is 4.79 Å². The molecule has 3 rings (SSSR count). The van der Waals surface area contributed by atoms with Gasteiger partial charge in [-0.05, 0) is 55.8 Å². The molecule has 1 aromatic heterocycles. The number of urea groups is 1. The number of carbonyl (C=O) groups is 1. The van der Waals surface area contributed by atoms with Gasteiger partial charge in [0.2, 0.25) is 0 Å². The summed E-state index contributed by atoms with van der Waals surface area (Å²) in [5.74, 6) is 0.801. The predicted molar refractivity (Wildman–Crippen MR) is 108 cm³/mol. The minimum atomic E-state index is -0.329. The van der Waals surface area contributed by atoms with Crippen LogP contribution in [-0.2, 0) is 6.54 Å². The SMILES string of the molecule is COc1cccc(Cn2nc(C)c(NC(=O)Nc3ccc(Cl)cc3)c2C)c1. The topological polar surface area (TPSA) is 68.2 Å². The number of methoxy groups -OCH3 is 1. The molecular formula is C20H21ClN4O2. The summed E-state index contributed by atoms with van der Waals surface area (Å²) in [6, 6.07) is 14.4. The molecule has 6 nitrogen and oxygen atoms in total. The van der Waals surface area contributed by atoms with Crippen LogP contribution in [0.5, 0.6) is 5.75 Å². The first-order valence-electron chi connectivity index (χ1n) is 8.47. The highest BCUT2D eigenvalue weighted by Crippen LogP contribution is 2.22. The minimum Gasteiger partial charge on any atom is -0.497 e. The lowest BCUT2D eigenvalue weighted by molar-refractivity contribution is 0.262. The van der Waals surface area contributed by atoms with E-state index in [2.05, 4.69) is 15.7 Å². The van der Waals surface area contributed by atoms with Crippen molar-refractivity contribution in [1.82, 2.24) is 9.78 Å². The van der Waals surface area contributed by atoms with Crippen LogP contribution in [0.2, 0.25) is 5.02 Å². The van der Waals surface area contributed by atoms with Crippen LogP contribution in [-0.4, -0.2) is 22.9 Å². The number of aryl methyl sites for hydroxylation is 1. The number of halogens is 1. The molecular weight excluding hydrogens is 364 g/mol. The Bertz CT molecular complexity index is 951. The van der Waals surface area contributed by atoms with Gasteiger partial charge in [-0.3, -0.25) is 4.68 Å². The lowest BCUT2D eigenvalue weighted by Gasteiger charge is -2.09. The van der Waals surface area contributed by atoms with Crippen molar-refractivity contribution in [1.29, 1.82) is 0 Å². The number of nitrogens with one attached hydrogen (secondary N) is 2. The first-order valence-corrected chi connectivity index (χ1v) is 8.84. The van der Waals surface area contributed by atoms with Gasteiger partial charge >= 0.3 is 6.03 Å². The van der Waals surface area contributed by atoms with Crippen molar-refractivity contribution in [2.45, 2.75) is 20.4 Å². The number of ether oxygens (including phenoxy) is 1. The second-order valence-electron chi connectivity index (χ2n) is 6.14. The van der Waals surface area contributed by atoms with Gasteiger partial charge in [-0.1, -0.05) is 23.7 Å². The number of aromatic nitrogens is 2. The Hall–Kier alpha value is -2.99. The Morgan fingerprint density at radius 2 is 1.89 bits per heavy atom. The lowest BCUT2D eigenvalue weighted by atomic mass is 10.2. The van der Waals surface area contributed by atoms with Gasteiger partial charge in [0, 0.05) is 10.7 Å². The van der Waals surface area contributed by atoms with Crippen LogP contribution < -0.4 is 15.4 Å². The highest BCUT2D eigenvalue weighted by Gasteiger charge is 2.14. The number of rotatable bonds is 5. The Morgan fingerprint density at radius 1 is 1.15 bits per heavy atom. The van der Waals surface area contributed by atoms with Crippen molar-refractivity contribution in [3.8, 4) is 5.75 Å². The molecule has 0 saturated heterocycles. The highest BCUT2D eigenvalue weighted by molar-refractivity contribution is 6.30. The standard InChI is InChI=1S/C20H21ClN4O2/c1-13-19(23-20(26)22-17-9-7-16(21)8-10-17)14(2)25(24-13)12-15-5-4-6-18(11-15)27-3/h4-11H,12H2,1-3H3,(H2,22,23,26). The Morgan fingerprint density at radius 3 is 2.59 bits per heavy atom. The third kappa shape index (κ3) is 4.60. The summed E-state index contributed by atoms with van der Waals surface area (Å²) in [4.78, 5) is 12.3. The summed E-state index contributed by atoms with van der Waals surface area (Å²) in [7, 11) is 1.64. The number of carbonyl (C=O) groups excluding carboxylic acids is 1. The molecule has 2 aromatic carbocycles. The molecule has 1 heterocycles. The normalized spacial score (nSPS) is 10.5. The molecule has 0 aliphatic heterocycles. The lowest BCUT2D eigenvalue weighted by Crippen LogP contribution is -2.20. The summed E-state index contributed by atoms with van der Waals surface area (Å²) < 4.78 is 7.13. The average Bonchev–Trinajstić information content (AvgIpc) is 2.91. The molecule has 0 unspecified atom stereocenters. The van der Waals surface area contributed by atoms with E-state index in [1.54, 1.807) is 31.4 Å². The van der Waals surface area contributed by atoms with E-state index >= 15 is 0 Å². The van der Waals surface area contributed by atoms with E-state index in [1.165, 1.54) is 0 Å². The summed E-state index contributed by atoms with van der Waals surface area (Å²) in [5.41, 5.74) is 4.06. The molecule has 0 aliphatic rings. The molecule has 0 bridgehead atoms. The zero-order valence-corrected chi connectivity index (χ0v) is 16.2. The molecule has 2 N–H and O–H groups in total. The van der Waals surface area contributed by atoms with E-state index in [0.717, 1.165) is 22.7 Å². The average molecular weight is 385 g/mol. The van der Waals surface area contributed by atoms with Gasteiger partial charge in [-0.2, -0.15) is 5.10 Å². The van der Waals surface area contributed by atoms with Crippen LogP contribution in [0.4, 0.5) is 16.2 Å². The van der Waals surface area contributed by atoms with Gasteiger partial charge < -0.3 is 15.4 Å². The molecule has 0 radical (unpaired) electrons. The van der Waals surface area contributed by atoms with Crippen molar-refractivity contribution in [3.05, 3.63) is 70.5 Å². The number of hydrogen-bond acceptors (Lipinski definition) is 3. The quantitative estimate of drug-likeness (QED) is 0.660. The summed E-state index contributed by atoms with van der Waals surface area (Å²) in [5, 5.41) is 10.8. The van der Waals surface area contributed by atoms with Crippen molar-refractivity contribution in [2.24, 2.45) is 0 Å². The Labute approximate surface area is 163 Å². The maximum absolute atomic E-state index is 12.3. The number of benzene rings is 2. The van der Waals surface area contributed by atoms with Crippen LogP contribution in [0.15, 0.2) is 48.5 Å². The van der Waals surface area contributed by atoms with Gasteiger partial charge in [0.15, 0.2) is 0 Å². The van der Waals surface area contributed by atoms with Crippen LogP contribution in [0.1, 0.15) is 17.0 Å². The highest BCUT2D eigenvalue weighted by atomic mass is 35.5. The first-order chi connectivity index (χ1) is 13.0. The molecule has 0 spiro atoms. The number of amides is 2. The van der Waals surface area contributed by atoms with E-state index in [0.29, 0.717) is 22.9 Å². The van der Waals surface area contributed by atoms with E-state index in [4.69, 9.17) is 16.3 Å². The van der Waals surface area contributed by atoms with Crippen molar-refractivity contribution in [3.63, 3.8) is 0 Å². The fraction of sp³-hybridized carbons (Fsp3) is 0.200. The third-order valence-corrected chi connectivity index (χ3v) is 4.44. The third-order valence-electron chi connectivity index (χ3n) is 4.19. The summed E-state index contributed by atoms with van der Waals surface area (Å²) in [6.07, 6.45) is 0. The largest absolute Gasteiger partial charge is 0.497 e. The van der Waals surface area contributed by atoms with Crippen molar-refractivity contribution < 1.29 is 9.53 Å². The molecule has 27 heavy (non-hydrogen) atoms. The van der Waals surface area contributed by atoms with E-state index in [9.17, 15) is 4.79 Å². The molecule has 3 aromatic rings. The van der Waals surface area contributed by atoms with Crippen molar-refractivity contribution in [2.75, 3.05) is 17.7 Å². The van der Waals surface area contributed by atoms with Gasteiger partial charge in [-0.15, -0.1) is 0 Å². The second-order valence-corrected chi connectivity index (χ2v) is 6.58. The van der Waals surface area contributed by atoms with Gasteiger partial charge in [0.1, 0.15) is 5.75 Å². The molecule has 0 saturated carbocycles. The van der Waals surface area contributed by atoms with E-state index in [-0.39, 0.29) is 6.03 Å². The number of anilines is 2. The van der Waals surface area contributed by atoms with Crippen LogP contribution in [0.3, 0.4) is 0 Å². The monoisotopic (exact) mass is 384 g/mol. The maximum Gasteiger partial charge on any atom is 0.323 e. The molecule has 0 atom stereocenters. The zero-order valence-electron chi connectivity index (χ0n) is 15.4. The Kier molecular flexibility index (Phi) is 5.66. The maximum atomic E-state index is 12.3. The molecule has 0 aliphatic carbocycles. The fourth-order valence-corrected chi connectivity index (χ4v) is 2.91. The molecule has 140 valence electrons. The zero-order chi connectivity index (χ0) is 19.4. The summed E-state index contributed by atoms with van der Waals surface area (Å²) >= 11 is 5.86. The van der Waals surface area contributed by atoms with Crippen molar-refractivity contribution >= 4 is 29.0 Å². The molecule has 2 amide bonds. The van der Waals surface area contributed by atoms with Crippen LogP contribution in [0, 0.1) is 13.8 Å². The van der Waals surface area contributed by atoms with E-state index < -0.39 is 0 Å². The smallest absolute Gasteiger partial charge is 0.323 e. The Balaban J connectivity index is 1.73. The number of nitrogens with zero attached hydrogens (tertiary/aromatic N) is 2. The van der Waals surface area contributed by atoms with E-state index in [1.807, 2.05) is 42.8 Å². The fourth-order valence-electron chi connectivity index (χ4n) is 2.78. The predicted octanol–water partition coefficient (Wildman–Crippen LogP) is 4.85. The minimum absolute atomic E-state index is 0.329. The number of hydrogen-bond donors (Lipinski definition) is 2. The molecule has 0 fully saturated rings. The van der Waals surface area contributed by atoms with Crippen LogP contribution in [0.25, 0.3) is 0 Å². The van der Waals surface area contributed by atoms with Crippen LogP contribution >= 0.6 is 11.6 Å². The first kappa shape index (κ1) is 18.8. The second kappa shape index (κ2) is 8.14. The van der Waals surface area contributed by atoms with Gasteiger partial charge in [0.05, 0.1) is 30.7 Å². The van der Waals surface area contributed by atoms with Gasteiger partial charge in [0.25, 0.3) is 0 Å². The molecule has 7 heteroatoms.